The Hall–Kier alpha value is -1.71. The zero-order valence-corrected chi connectivity index (χ0v) is 12.1. The second-order valence-electron chi connectivity index (χ2n) is 5.61. The van der Waals surface area contributed by atoms with Gasteiger partial charge >= 0.3 is 12.1 Å². The van der Waals surface area contributed by atoms with Crippen molar-refractivity contribution in [2.75, 3.05) is 7.05 Å². The molecule has 1 aliphatic rings. The second-order valence-corrected chi connectivity index (χ2v) is 5.61. The average molecular weight is 305 g/mol. The maximum absolute atomic E-state index is 12.1. The van der Waals surface area contributed by atoms with Crippen LogP contribution < -0.4 is 0 Å². The Kier molecular flexibility index (Phi) is 5.26. The van der Waals surface area contributed by atoms with E-state index in [1.807, 2.05) is 0 Å². The lowest BCUT2D eigenvalue weighted by atomic mass is 9.74. The topological polar surface area (TPSA) is 57.6 Å². The van der Waals surface area contributed by atoms with Gasteiger partial charge in [0, 0.05) is 24.8 Å². The van der Waals surface area contributed by atoms with Gasteiger partial charge in [-0.05, 0) is 18.8 Å². The highest BCUT2D eigenvalue weighted by Crippen LogP contribution is 2.35. The maximum Gasteiger partial charge on any atom is 0.457 e. The van der Waals surface area contributed by atoms with E-state index in [-0.39, 0.29) is 24.7 Å². The van der Waals surface area contributed by atoms with E-state index in [4.69, 9.17) is 5.11 Å². The van der Waals surface area contributed by atoms with E-state index >= 15 is 0 Å². The Bertz CT molecular complexity index is 470. The number of rotatable bonds is 4. The van der Waals surface area contributed by atoms with Crippen molar-refractivity contribution < 1.29 is 27.9 Å². The van der Waals surface area contributed by atoms with Gasteiger partial charge in [0.05, 0.1) is 0 Å². The smallest absolute Gasteiger partial charge is 0.457 e. The molecule has 1 amide bonds. The third kappa shape index (κ3) is 4.66. The summed E-state index contributed by atoms with van der Waals surface area (Å²) >= 11 is 0. The van der Waals surface area contributed by atoms with Gasteiger partial charge in [-0.1, -0.05) is 19.8 Å². The summed E-state index contributed by atoms with van der Waals surface area (Å²) in [4.78, 5) is 24.4. The van der Waals surface area contributed by atoms with Crippen LogP contribution in [0.15, 0.2) is 0 Å². The van der Waals surface area contributed by atoms with Gasteiger partial charge < -0.3 is 10.0 Å². The molecular formula is C14H18F3NO3. The molecular weight excluding hydrogens is 287 g/mol. The third-order valence-electron chi connectivity index (χ3n) is 3.55. The number of carboxylic acids is 1. The Balaban J connectivity index is 2.59. The standard InChI is InChI=1S/C14H18F3NO3/c1-8(2)11(13(20)21)18(3)12(19)10-6-9(7-10)4-5-14(15,16)17/h8-11H,6-7H2,1-3H3,(H,20,21). The summed E-state index contributed by atoms with van der Waals surface area (Å²) in [6.45, 7) is 3.39. The number of carboxylic acid groups (broad SMARTS) is 1. The van der Waals surface area contributed by atoms with Gasteiger partial charge in [0.1, 0.15) is 6.04 Å². The first-order valence-electron chi connectivity index (χ1n) is 6.61. The van der Waals surface area contributed by atoms with Crippen LogP contribution in [0.4, 0.5) is 13.2 Å². The summed E-state index contributed by atoms with van der Waals surface area (Å²) in [5, 5.41) is 9.12. The molecule has 0 aliphatic heterocycles. The van der Waals surface area contributed by atoms with Crippen molar-refractivity contribution in [3.8, 4) is 11.8 Å². The van der Waals surface area contributed by atoms with E-state index in [2.05, 4.69) is 5.92 Å². The van der Waals surface area contributed by atoms with Crippen molar-refractivity contribution in [1.29, 1.82) is 0 Å². The van der Waals surface area contributed by atoms with Crippen LogP contribution in [0, 0.1) is 29.6 Å². The molecule has 1 rings (SSSR count). The van der Waals surface area contributed by atoms with Crippen molar-refractivity contribution in [2.24, 2.45) is 17.8 Å². The number of hydrogen-bond acceptors (Lipinski definition) is 2. The van der Waals surface area contributed by atoms with Gasteiger partial charge in [-0.2, -0.15) is 13.2 Å². The Morgan fingerprint density at radius 2 is 1.81 bits per heavy atom. The van der Waals surface area contributed by atoms with Crippen LogP contribution in [-0.4, -0.2) is 41.1 Å². The van der Waals surface area contributed by atoms with Gasteiger partial charge in [-0.3, -0.25) is 4.79 Å². The Morgan fingerprint density at radius 3 is 2.19 bits per heavy atom. The van der Waals surface area contributed by atoms with Crippen molar-refractivity contribution in [3.05, 3.63) is 0 Å². The lowest BCUT2D eigenvalue weighted by molar-refractivity contribution is -0.154. The summed E-state index contributed by atoms with van der Waals surface area (Å²) in [6.07, 6.45) is -4.02. The first-order chi connectivity index (χ1) is 9.53. The molecule has 7 heteroatoms. The quantitative estimate of drug-likeness (QED) is 0.810. The first-order valence-corrected chi connectivity index (χ1v) is 6.61. The molecule has 1 aliphatic carbocycles. The number of likely N-dealkylation sites (N-methyl/N-ethyl adjacent to an activating group) is 1. The zero-order chi connectivity index (χ0) is 16.4. The molecule has 118 valence electrons. The fourth-order valence-electron chi connectivity index (χ4n) is 2.44. The minimum atomic E-state index is -4.52. The third-order valence-corrected chi connectivity index (χ3v) is 3.55. The molecule has 0 bridgehead atoms. The molecule has 0 heterocycles. The normalized spacial score (nSPS) is 22.8. The fourth-order valence-corrected chi connectivity index (χ4v) is 2.44. The Labute approximate surface area is 121 Å². The molecule has 4 nitrogen and oxygen atoms in total. The summed E-state index contributed by atoms with van der Waals surface area (Å²) in [7, 11) is 1.41. The van der Waals surface area contributed by atoms with E-state index in [1.165, 1.54) is 17.9 Å². The fraction of sp³-hybridized carbons (Fsp3) is 0.714. The molecule has 21 heavy (non-hydrogen) atoms. The first kappa shape index (κ1) is 17.3. The SMILES string of the molecule is CC(C)C(C(=O)O)N(C)C(=O)C1CC(C#CC(F)(F)F)C1. The van der Waals surface area contributed by atoms with Crippen LogP contribution in [0.5, 0.6) is 0 Å². The predicted octanol–water partition coefficient (Wildman–Crippen LogP) is 2.15. The molecule has 0 aromatic rings. The number of amides is 1. The molecule has 1 N–H and O–H groups in total. The minimum absolute atomic E-state index is 0.247. The monoisotopic (exact) mass is 305 g/mol. The number of alkyl halides is 3. The molecule has 1 saturated carbocycles. The van der Waals surface area contributed by atoms with Gasteiger partial charge in [0.15, 0.2) is 0 Å². The van der Waals surface area contributed by atoms with Gasteiger partial charge in [-0.25, -0.2) is 4.79 Å². The van der Waals surface area contributed by atoms with Crippen molar-refractivity contribution in [2.45, 2.75) is 38.9 Å². The number of carbonyl (C=O) groups excluding carboxylic acids is 1. The second kappa shape index (κ2) is 6.37. The zero-order valence-electron chi connectivity index (χ0n) is 12.1. The summed E-state index contributed by atoms with van der Waals surface area (Å²) < 4.78 is 35.8. The molecule has 0 aromatic carbocycles. The van der Waals surface area contributed by atoms with Crippen LogP contribution in [0.1, 0.15) is 26.7 Å². The lowest BCUT2D eigenvalue weighted by Gasteiger charge is -2.36. The number of aliphatic carboxylic acids is 1. The van der Waals surface area contributed by atoms with E-state index in [1.54, 1.807) is 13.8 Å². The van der Waals surface area contributed by atoms with Gasteiger partial charge in [-0.15, -0.1) is 0 Å². The maximum atomic E-state index is 12.1. The van der Waals surface area contributed by atoms with E-state index < -0.39 is 30.0 Å². The van der Waals surface area contributed by atoms with Gasteiger partial charge in [0.25, 0.3) is 0 Å². The minimum Gasteiger partial charge on any atom is -0.480 e. The number of halogens is 3. The van der Waals surface area contributed by atoms with Gasteiger partial charge in [0.2, 0.25) is 5.91 Å². The van der Waals surface area contributed by atoms with Crippen LogP contribution in [0.3, 0.4) is 0 Å². The summed E-state index contributed by atoms with van der Waals surface area (Å²) in [5.41, 5.74) is 0. The Morgan fingerprint density at radius 1 is 1.29 bits per heavy atom. The molecule has 1 unspecified atom stereocenters. The van der Waals surface area contributed by atoms with Crippen LogP contribution in [0.25, 0.3) is 0 Å². The van der Waals surface area contributed by atoms with E-state index in [0.717, 1.165) is 0 Å². The van der Waals surface area contributed by atoms with Crippen molar-refractivity contribution >= 4 is 11.9 Å². The van der Waals surface area contributed by atoms with Crippen molar-refractivity contribution in [3.63, 3.8) is 0 Å². The molecule has 1 fully saturated rings. The highest BCUT2D eigenvalue weighted by molar-refractivity contribution is 5.85. The molecule has 0 saturated heterocycles. The number of nitrogens with zero attached hydrogens (tertiary/aromatic N) is 1. The summed E-state index contributed by atoms with van der Waals surface area (Å²) in [6, 6.07) is -0.933. The van der Waals surface area contributed by atoms with Crippen LogP contribution in [0.2, 0.25) is 0 Å². The highest BCUT2D eigenvalue weighted by Gasteiger charge is 2.39. The van der Waals surface area contributed by atoms with E-state index in [9.17, 15) is 22.8 Å². The number of carbonyl (C=O) groups is 2. The highest BCUT2D eigenvalue weighted by atomic mass is 19.4. The predicted molar refractivity (Wildman–Crippen MR) is 69.1 cm³/mol. The molecule has 0 aromatic heterocycles. The largest absolute Gasteiger partial charge is 0.480 e. The lowest BCUT2D eigenvalue weighted by Crippen LogP contribution is -2.50. The molecule has 1 atom stereocenters. The molecule has 0 radical (unpaired) electrons. The van der Waals surface area contributed by atoms with Crippen LogP contribution >= 0.6 is 0 Å². The number of hydrogen-bond donors (Lipinski definition) is 1. The average Bonchev–Trinajstić information content (AvgIpc) is 2.23. The molecule has 0 spiro atoms. The van der Waals surface area contributed by atoms with E-state index in [0.29, 0.717) is 0 Å². The summed E-state index contributed by atoms with van der Waals surface area (Å²) in [5.74, 6) is 0.721. The van der Waals surface area contributed by atoms with Crippen molar-refractivity contribution in [1.82, 2.24) is 4.90 Å². The van der Waals surface area contributed by atoms with Crippen LogP contribution in [-0.2, 0) is 9.59 Å².